The molecular formula is C33H44N2O4. The Morgan fingerprint density at radius 3 is 2.00 bits per heavy atom. The van der Waals surface area contributed by atoms with E-state index in [2.05, 4.69) is 60.2 Å². The molecule has 1 unspecified atom stereocenters. The number of aromatic nitrogens is 2. The molecule has 210 valence electrons. The van der Waals surface area contributed by atoms with Crippen molar-refractivity contribution in [1.29, 1.82) is 0 Å². The second-order valence-electron chi connectivity index (χ2n) is 10.1. The lowest BCUT2D eigenvalue weighted by Gasteiger charge is -2.17. The van der Waals surface area contributed by atoms with Gasteiger partial charge in [-0.3, -0.25) is 0 Å². The fourth-order valence-corrected chi connectivity index (χ4v) is 4.19. The van der Waals surface area contributed by atoms with Crippen LogP contribution in [0.15, 0.2) is 60.9 Å². The van der Waals surface area contributed by atoms with Gasteiger partial charge in [-0.1, -0.05) is 94.5 Å². The average molecular weight is 533 g/mol. The normalized spacial score (nSPS) is 12.6. The predicted molar refractivity (Wildman–Crippen MR) is 157 cm³/mol. The summed E-state index contributed by atoms with van der Waals surface area (Å²) in [5, 5.41) is 0. The lowest BCUT2D eigenvalue weighted by Crippen LogP contribution is -2.30. The maximum Gasteiger partial charge on any atom is 0.335 e. The first kappa shape index (κ1) is 30.3. The van der Waals surface area contributed by atoms with Crippen LogP contribution in [-0.4, -0.2) is 41.4 Å². The van der Waals surface area contributed by atoms with E-state index in [0.717, 1.165) is 31.2 Å². The Labute approximate surface area is 234 Å². The van der Waals surface area contributed by atoms with Gasteiger partial charge in [0.15, 0.2) is 17.7 Å². The van der Waals surface area contributed by atoms with Crippen LogP contribution in [0.4, 0.5) is 0 Å². The number of esters is 1. The van der Waals surface area contributed by atoms with E-state index in [9.17, 15) is 4.79 Å². The third-order valence-electron chi connectivity index (χ3n) is 6.63. The zero-order valence-corrected chi connectivity index (χ0v) is 24.0. The van der Waals surface area contributed by atoms with E-state index < -0.39 is 12.2 Å². The fraction of sp³-hybridized carbons (Fsp3) is 0.485. The molecule has 1 heterocycles. The minimum absolute atomic E-state index is 0.212. The molecule has 0 spiro atoms. The highest BCUT2D eigenvalue weighted by Crippen LogP contribution is 2.24. The second kappa shape index (κ2) is 16.7. The van der Waals surface area contributed by atoms with Crippen LogP contribution in [0.1, 0.15) is 78.2 Å². The van der Waals surface area contributed by atoms with Crippen LogP contribution in [0.3, 0.4) is 0 Å². The number of ether oxygens (including phenoxy) is 3. The van der Waals surface area contributed by atoms with Crippen LogP contribution in [0, 0.1) is 0 Å². The highest BCUT2D eigenvalue weighted by molar-refractivity contribution is 5.74. The van der Waals surface area contributed by atoms with Gasteiger partial charge in [0.2, 0.25) is 0 Å². The van der Waals surface area contributed by atoms with Crippen LogP contribution in [-0.2, 0) is 20.7 Å². The lowest BCUT2D eigenvalue weighted by molar-refractivity contribution is -0.162. The van der Waals surface area contributed by atoms with Crippen LogP contribution >= 0.6 is 0 Å². The highest BCUT2D eigenvalue weighted by atomic mass is 16.6. The number of hydrogen-bond acceptors (Lipinski definition) is 6. The van der Waals surface area contributed by atoms with Crippen molar-refractivity contribution in [1.82, 2.24) is 9.97 Å². The number of carbonyl (C=O) groups is 1. The molecule has 0 aliphatic carbocycles. The highest BCUT2D eigenvalue weighted by Gasteiger charge is 2.18. The molecular weight excluding hydrogens is 488 g/mol. The molecule has 6 heteroatoms. The molecule has 0 saturated carbocycles. The van der Waals surface area contributed by atoms with Crippen LogP contribution in [0.25, 0.3) is 22.5 Å². The van der Waals surface area contributed by atoms with E-state index in [0.29, 0.717) is 18.2 Å². The molecule has 3 rings (SSSR count). The smallest absolute Gasteiger partial charge is 0.335 e. The Balaban J connectivity index is 1.45. The Morgan fingerprint density at radius 2 is 1.36 bits per heavy atom. The predicted octanol–water partition coefficient (Wildman–Crippen LogP) is 7.84. The Hall–Kier alpha value is -3.25. The second-order valence-corrected chi connectivity index (χ2v) is 10.1. The third kappa shape index (κ3) is 10.4. The topological polar surface area (TPSA) is 70.5 Å². The van der Waals surface area contributed by atoms with Gasteiger partial charge in [-0.15, -0.1) is 0 Å². The van der Waals surface area contributed by atoms with Gasteiger partial charge >= 0.3 is 5.97 Å². The molecule has 39 heavy (non-hydrogen) atoms. The first-order valence-electron chi connectivity index (χ1n) is 14.5. The van der Waals surface area contributed by atoms with Crippen molar-refractivity contribution in [2.45, 2.75) is 91.3 Å². The molecule has 3 aromatic rings. The van der Waals surface area contributed by atoms with Crippen LogP contribution < -0.4 is 4.74 Å². The summed E-state index contributed by atoms with van der Waals surface area (Å²) in [6.45, 7) is 8.66. The standard InChI is InChI=1S/C33H44N2O4/c1-5-7-9-10-12-27-13-15-28(16-14-27)29-17-19-30(20-18-29)32-34-22-31(23-35-32)38-24-25(3)39-33(36)26(4)37-21-11-8-6-2/h13-20,22-23,25-26H,5-12,21,24H2,1-4H3/t25-,26?/m0/s1. The van der Waals surface area contributed by atoms with Crippen molar-refractivity contribution >= 4 is 5.97 Å². The van der Waals surface area contributed by atoms with E-state index in [-0.39, 0.29) is 12.6 Å². The van der Waals surface area contributed by atoms with Gasteiger partial charge in [-0.2, -0.15) is 0 Å². The Kier molecular flexibility index (Phi) is 12.9. The van der Waals surface area contributed by atoms with Crippen LogP contribution in [0.2, 0.25) is 0 Å². The van der Waals surface area contributed by atoms with Gasteiger partial charge in [-0.05, 0) is 49.8 Å². The maximum absolute atomic E-state index is 12.2. The summed E-state index contributed by atoms with van der Waals surface area (Å²) < 4.78 is 16.7. The van der Waals surface area contributed by atoms with Crippen molar-refractivity contribution in [2.75, 3.05) is 13.2 Å². The van der Waals surface area contributed by atoms with Crippen molar-refractivity contribution in [3.8, 4) is 28.3 Å². The van der Waals surface area contributed by atoms with Crippen molar-refractivity contribution in [3.63, 3.8) is 0 Å². The van der Waals surface area contributed by atoms with E-state index in [1.807, 2.05) is 12.1 Å². The van der Waals surface area contributed by atoms with E-state index in [1.165, 1.54) is 42.4 Å². The summed E-state index contributed by atoms with van der Waals surface area (Å²) in [4.78, 5) is 21.1. The van der Waals surface area contributed by atoms with Gasteiger partial charge < -0.3 is 14.2 Å². The summed E-state index contributed by atoms with van der Waals surface area (Å²) in [7, 11) is 0. The van der Waals surface area contributed by atoms with Gasteiger partial charge in [0.25, 0.3) is 0 Å². The molecule has 6 nitrogen and oxygen atoms in total. The van der Waals surface area contributed by atoms with E-state index in [1.54, 1.807) is 26.2 Å². The minimum Gasteiger partial charge on any atom is -0.486 e. The van der Waals surface area contributed by atoms with Gasteiger partial charge in [0.1, 0.15) is 12.7 Å². The Morgan fingerprint density at radius 1 is 0.769 bits per heavy atom. The lowest BCUT2D eigenvalue weighted by atomic mass is 10.00. The van der Waals surface area contributed by atoms with Crippen molar-refractivity contribution in [3.05, 3.63) is 66.5 Å². The minimum atomic E-state index is -0.585. The Bertz CT molecular complexity index is 1100. The number of aryl methyl sites for hydroxylation is 1. The fourth-order valence-electron chi connectivity index (χ4n) is 4.19. The number of carbonyl (C=O) groups excluding carboxylic acids is 1. The third-order valence-corrected chi connectivity index (χ3v) is 6.63. The maximum atomic E-state index is 12.2. The molecule has 0 N–H and O–H groups in total. The molecule has 0 aliphatic heterocycles. The van der Waals surface area contributed by atoms with E-state index in [4.69, 9.17) is 14.2 Å². The number of nitrogens with zero attached hydrogens (tertiary/aromatic N) is 2. The molecule has 1 aromatic heterocycles. The number of benzene rings is 2. The van der Waals surface area contributed by atoms with Gasteiger partial charge in [0.05, 0.1) is 12.4 Å². The molecule has 0 amide bonds. The number of rotatable bonds is 17. The first-order valence-corrected chi connectivity index (χ1v) is 14.5. The van der Waals surface area contributed by atoms with Gasteiger partial charge in [-0.25, -0.2) is 14.8 Å². The average Bonchev–Trinajstić information content (AvgIpc) is 2.97. The molecule has 0 saturated heterocycles. The van der Waals surface area contributed by atoms with Gasteiger partial charge in [0, 0.05) is 12.2 Å². The quantitative estimate of drug-likeness (QED) is 0.130. The molecule has 0 fully saturated rings. The summed E-state index contributed by atoms with van der Waals surface area (Å²) in [6.07, 6.45) is 11.7. The first-order chi connectivity index (χ1) is 19.0. The summed E-state index contributed by atoms with van der Waals surface area (Å²) in [5.74, 6) is 0.776. The number of unbranched alkanes of at least 4 members (excludes halogenated alkanes) is 5. The molecule has 2 aromatic carbocycles. The zero-order valence-electron chi connectivity index (χ0n) is 24.0. The molecule has 0 bridgehead atoms. The monoisotopic (exact) mass is 532 g/mol. The SMILES string of the molecule is CCCCCCc1ccc(-c2ccc(-c3ncc(OC[C@H](C)OC(=O)C(C)OCCCCC)cn3)cc2)cc1. The molecule has 2 atom stereocenters. The summed E-state index contributed by atoms with van der Waals surface area (Å²) in [6, 6.07) is 17.2. The van der Waals surface area contributed by atoms with Crippen LogP contribution in [0.5, 0.6) is 5.75 Å². The summed E-state index contributed by atoms with van der Waals surface area (Å²) in [5.41, 5.74) is 4.71. The van der Waals surface area contributed by atoms with Crippen molar-refractivity contribution in [2.24, 2.45) is 0 Å². The van der Waals surface area contributed by atoms with Crippen molar-refractivity contribution < 1.29 is 19.0 Å². The van der Waals surface area contributed by atoms with E-state index >= 15 is 0 Å². The molecule has 0 radical (unpaired) electrons. The summed E-state index contributed by atoms with van der Waals surface area (Å²) >= 11 is 0. The zero-order chi connectivity index (χ0) is 27.9. The number of hydrogen-bond donors (Lipinski definition) is 0. The largest absolute Gasteiger partial charge is 0.486 e. The molecule has 0 aliphatic rings.